The first-order valence-corrected chi connectivity index (χ1v) is 13.6. The van der Waals surface area contributed by atoms with Gasteiger partial charge in [-0.25, -0.2) is 0 Å². The number of fused-ring (bicyclic) bond motifs is 5. The molecule has 4 aliphatic rings. The molecule has 0 aromatic heterocycles. The third kappa shape index (κ3) is 3.33. The normalized spacial score (nSPS) is 45.0. The van der Waals surface area contributed by atoms with Gasteiger partial charge in [0, 0.05) is 5.41 Å². The summed E-state index contributed by atoms with van der Waals surface area (Å²) in [6.07, 6.45) is 15.3. The SMILES string of the molecule is CC(C)CCC[C@@H](C)[C@H]1CC[C@@]2(C)[C@@H]3CC[C@H]4C(C)(C)CCC[C@]4(C)C3=CC(=O)[C@]12C. The van der Waals surface area contributed by atoms with Crippen molar-refractivity contribution in [2.24, 2.45) is 51.2 Å². The van der Waals surface area contributed by atoms with Crippen molar-refractivity contribution in [2.45, 2.75) is 120 Å². The predicted octanol–water partition coefficient (Wildman–Crippen LogP) is 8.62. The molecule has 0 unspecified atom stereocenters. The first-order chi connectivity index (χ1) is 14.4. The van der Waals surface area contributed by atoms with Gasteiger partial charge in [-0.1, -0.05) is 86.6 Å². The second-order valence-corrected chi connectivity index (χ2v) is 14.0. The zero-order valence-corrected chi connectivity index (χ0v) is 21.9. The van der Waals surface area contributed by atoms with Crippen LogP contribution in [-0.2, 0) is 4.79 Å². The van der Waals surface area contributed by atoms with Crippen molar-refractivity contribution in [3.05, 3.63) is 11.6 Å². The first-order valence-electron chi connectivity index (χ1n) is 13.6. The summed E-state index contributed by atoms with van der Waals surface area (Å²) in [5.41, 5.74) is 2.22. The topological polar surface area (TPSA) is 17.1 Å². The minimum atomic E-state index is -0.161. The van der Waals surface area contributed by atoms with E-state index in [0.29, 0.717) is 29.0 Å². The quantitative estimate of drug-likeness (QED) is 0.430. The highest BCUT2D eigenvalue weighted by atomic mass is 16.1. The van der Waals surface area contributed by atoms with Crippen molar-refractivity contribution in [3.63, 3.8) is 0 Å². The Labute approximate surface area is 193 Å². The van der Waals surface area contributed by atoms with Crippen LogP contribution in [0.2, 0.25) is 0 Å². The molecule has 0 N–H and O–H groups in total. The van der Waals surface area contributed by atoms with E-state index in [1.54, 1.807) is 5.57 Å². The van der Waals surface area contributed by atoms with Crippen molar-refractivity contribution < 1.29 is 4.79 Å². The van der Waals surface area contributed by atoms with E-state index >= 15 is 0 Å². The molecule has 1 heteroatoms. The van der Waals surface area contributed by atoms with E-state index in [0.717, 1.165) is 11.8 Å². The molecular weight excluding hydrogens is 376 g/mol. The highest BCUT2D eigenvalue weighted by Crippen LogP contribution is 2.72. The Morgan fingerprint density at radius 3 is 2.32 bits per heavy atom. The molecule has 0 amide bonds. The van der Waals surface area contributed by atoms with Crippen LogP contribution in [-0.4, -0.2) is 5.78 Å². The van der Waals surface area contributed by atoms with Gasteiger partial charge in [0.1, 0.15) is 0 Å². The van der Waals surface area contributed by atoms with Gasteiger partial charge in [-0.3, -0.25) is 4.79 Å². The summed E-state index contributed by atoms with van der Waals surface area (Å²) in [7, 11) is 0. The van der Waals surface area contributed by atoms with Crippen molar-refractivity contribution >= 4 is 5.78 Å². The van der Waals surface area contributed by atoms with Crippen molar-refractivity contribution in [3.8, 4) is 0 Å². The van der Waals surface area contributed by atoms with Crippen LogP contribution in [0.15, 0.2) is 11.6 Å². The van der Waals surface area contributed by atoms with E-state index in [1.807, 2.05) is 0 Å². The molecule has 0 bridgehead atoms. The minimum Gasteiger partial charge on any atom is -0.294 e. The van der Waals surface area contributed by atoms with Gasteiger partial charge in [0.25, 0.3) is 0 Å². The van der Waals surface area contributed by atoms with Crippen LogP contribution >= 0.6 is 0 Å². The average Bonchev–Trinajstić information content (AvgIpc) is 2.95. The lowest BCUT2D eigenvalue weighted by Gasteiger charge is -2.62. The van der Waals surface area contributed by atoms with Crippen LogP contribution in [0, 0.1) is 51.2 Å². The van der Waals surface area contributed by atoms with E-state index in [4.69, 9.17) is 0 Å². The van der Waals surface area contributed by atoms with E-state index in [9.17, 15) is 4.79 Å². The van der Waals surface area contributed by atoms with Crippen LogP contribution in [0.25, 0.3) is 0 Å². The van der Waals surface area contributed by atoms with Crippen LogP contribution in [0.5, 0.6) is 0 Å². The molecule has 0 radical (unpaired) electrons. The number of hydrogen-bond acceptors (Lipinski definition) is 1. The standard InChI is InChI=1S/C30H50O/c1-20(2)11-9-12-21(3)22-15-18-29(7)23-13-14-25-27(4,5)16-10-17-28(25,6)24(23)19-26(31)30(22,29)8/h19-23,25H,9-18H2,1-8H3/t21-,22-,23-,25+,28-,29+,30+/m1/s1. The maximum atomic E-state index is 14.1. The van der Waals surface area contributed by atoms with Crippen LogP contribution in [0.4, 0.5) is 0 Å². The molecule has 7 atom stereocenters. The number of rotatable bonds is 5. The summed E-state index contributed by atoms with van der Waals surface area (Å²) in [4.78, 5) is 14.1. The zero-order chi connectivity index (χ0) is 22.8. The minimum absolute atomic E-state index is 0.153. The number of carbonyl (C=O) groups excluding carboxylic acids is 1. The molecule has 176 valence electrons. The maximum absolute atomic E-state index is 14.1. The first kappa shape index (κ1) is 23.6. The van der Waals surface area contributed by atoms with Gasteiger partial charge in [-0.2, -0.15) is 0 Å². The summed E-state index contributed by atoms with van der Waals surface area (Å²) in [5.74, 6) is 3.86. The summed E-state index contributed by atoms with van der Waals surface area (Å²) in [6, 6.07) is 0. The monoisotopic (exact) mass is 426 g/mol. The van der Waals surface area contributed by atoms with E-state index in [2.05, 4.69) is 61.5 Å². The maximum Gasteiger partial charge on any atom is 0.162 e. The van der Waals surface area contributed by atoms with Crippen LogP contribution in [0.1, 0.15) is 120 Å². The Bertz CT molecular complexity index is 744. The Balaban J connectivity index is 1.67. The molecule has 0 aromatic carbocycles. The van der Waals surface area contributed by atoms with E-state index in [-0.39, 0.29) is 16.2 Å². The van der Waals surface area contributed by atoms with Crippen molar-refractivity contribution in [1.29, 1.82) is 0 Å². The number of hydrogen-bond donors (Lipinski definition) is 0. The average molecular weight is 427 g/mol. The molecule has 1 nitrogen and oxygen atoms in total. The molecule has 0 aliphatic heterocycles. The lowest BCUT2D eigenvalue weighted by Crippen LogP contribution is -2.57. The van der Waals surface area contributed by atoms with Gasteiger partial charge in [-0.05, 0) is 90.4 Å². The summed E-state index contributed by atoms with van der Waals surface area (Å²) in [6.45, 7) is 19.6. The largest absolute Gasteiger partial charge is 0.294 e. The lowest BCUT2D eigenvalue weighted by atomic mass is 9.41. The van der Waals surface area contributed by atoms with Crippen molar-refractivity contribution in [2.75, 3.05) is 0 Å². The third-order valence-corrected chi connectivity index (χ3v) is 11.6. The molecule has 3 fully saturated rings. The molecule has 0 heterocycles. The van der Waals surface area contributed by atoms with E-state index < -0.39 is 0 Å². The summed E-state index contributed by atoms with van der Waals surface area (Å²) in [5, 5.41) is 0. The van der Waals surface area contributed by atoms with Gasteiger partial charge in [0.2, 0.25) is 0 Å². The Morgan fingerprint density at radius 1 is 0.935 bits per heavy atom. The predicted molar refractivity (Wildman–Crippen MR) is 132 cm³/mol. The fraction of sp³-hybridized carbons (Fsp3) is 0.900. The van der Waals surface area contributed by atoms with Gasteiger partial charge >= 0.3 is 0 Å². The third-order valence-electron chi connectivity index (χ3n) is 11.6. The highest BCUT2D eigenvalue weighted by Gasteiger charge is 2.67. The molecular formula is C30H50O. The fourth-order valence-corrected chi connectivity index (χ4v) is 9.61. The van der Waals surface area contributed by atoms with Gasteiger partial charge in [0.15, 0.2) is 5.78 Å². The summed E-state index contributed by atoms with van der Waals surface area (Å²) >= 11 is 0. The number of allylic oxidation sites excluding steroid dienone is 2. The lowest BCUT2D eigenvalue weighted by molar-refractivity contribution is -0.141. The second kappa shape index (κ2) is 7.73. The van der Waals surface area contributed by atoms with Crippen LogP contribution in [0.3, 0.4) is 0 Å². The molecule has 0 aromatic rings. The van der Waals surface area contributed by atoms with E-state index in [1.165, 1.54) is 64.2 Å². The zero-order valence-electron chi connectivity index (χ0n) is 21.9. The molecule has 4 aliphatic carbocycles. The Morgan fingerprint density at radius 2 is 1.65 bits per heavy atom. The van der Waals surface area contributed by atoms with Crippen LogP contribution < -0.4 is 0 Å². The number of ketones is 1. The molecule has 3 saturated carbocycles. The Hall–Kier alpha value is -0.590. The van der Waals surface area contributed by atoms with Gasteiger partial charge in [-0.15, -0.1) is 0 Å². The summed E-state index contributed by atoms with van der Waals surface area (Å²) < 4.78 is 0. The van der Waals surface area contributed by atoms with Gasteiger partial charge < -0.3 is 0 Å². The van der Waals surface area contributed by atoms with Crippen molar-refractivity contribution in [1.82, 2.24) is 0 Å². The second-order valence-electron chi connectivity index (χ2n) is 14.0. The van der Waals surface area contributed by atoms with Gasteiger partial charge in [0.05, 0.1) is 0 Å². The Kier molecular flexibility index (Phi) is 5.88. The fourth-order valence-electron chi connectivity index (χ4n) is 9.61. The smallest absolute Gasteiger partial charge is 0.162 e. The molecule has 0 spiro atoms. The molecule has 0 saturated heterocycles. The number of carbonyl (C=O) groups is 1. The molecule has 4 rings (SSSR count). The molecule has 31 heavy (non-hydrogen) atoms. The highest BCUT2D eigenvalue weighted by molar-refractivity contribution is 5.98.